The highest BCUT2D eigenvalue weighted by Crippen LogP contribution is 2.32. The number of rotatable bonds is 4. The van der Waals surface area contributed by atoms with Crippen LogP contribution in [0.15, 0.2) is 53.7 Å². The highest BCUT2D eigenvalue weighted by atomic mass is 32.2. The normalized spacial score (nSPS) is 16.6. The standard InChI is InChI=1S/C21H25N5O2S.CH2O2/c27-29(28,18-6-3-5-17(15-18)24-11-1-2-12-24)26-16-20(25-13-9-22-10-14-25)21-19(26)7-4-8-23-21;2-1-3/h3-8,15-16,22H,1-2,9-14H2;1H,(H,2,3). The molecule has 0 amide bonds. The van der Waals surface area contributed by atoms with Crippen molar-refractivity contribution in [2.75, 3.05) is 49.1 Å². The number of nitrogens with one attached hydrogen (secondary N) is 1. The van der Waals surface area contributed by atoms with Gasteiger partial charge in [-0.25, -0.2) is 12.4 Å². The molecule has 1 aromatic carbocycles. The molecule has 0 atom stereocenters. The van der Waals surface area contributed by atoms with Crippen LogP contribution in [0.25, 0.3) is 11.0 Å². The lowest BCUT2D eigenvalue weighted by molar-refractivity contribution is -0.122. The van der Waals surface area contributed by atoms with Crippen LogP contribution in [0, 0.1) is 0 Å². The average molecular weight is 458 g/mol. The minimum Gasteiger partial charge on any atom is -0.483 e. The lowest BCUT2D eigenvalue weighted by Crippen LogP contribution is -2.43. The fraction of sp³-hybridized carbons (Fsp3) is 0.364. The number of benzene rings is 1. The van der Waals surface area contributed by atoms with Crippen molar-refractivity contribution in [2.24, 2.45) is 0 Å². The van der Waals surface area contributed by atoms with Gasteiger partial charge in [0.2, 0.25) is 0 Å². The molecule has 0 unspecified atom stereocenters. The first-order chi connectivity index (χ1) is 15.6. The summed E-state index contributed by atoms with van der Waals surface area (Å²) in [6.07, 6.45) is 5.76. The Morgan fingerprint density at radius 3 is 2.44 bits per heavy atom. The molecule has 2 aliphatic rings. The molecule has 32 heavy (non-hydrogen) atoms. The minimum atomic E-state index is -3.73. The zero-order valence-corrected chi connectivity index (χ0v) is 18.5. The fourth-order valence-electron chi connectivity index (χ4n) is 4.28. The van der Waals surface area contributed by atoms with Crippen LogP contribution in [0.3, 0.4) is 0 Å². The van der Waals surface area contributed by atoms with Crippen LogP contribution in [-0.4, -0.2) is 68.2 Å². The van der Waals surface area contributed by atoms with E-state index in [1.807, 2.05) is 18.2 Å². The first-order valence-electron chi connectivity index (χ1n) is 10.7. The molecule has 2 aliphatic heterocycles. The summed E-state index contributed by atoms with van der Waals surface area (Å²) in [5, 5.41) is 10.2. The molecule has 0 saturated carbocycles. The summed E-state index contributed by atoms with van der Waals surface area (Å²) in [7, 11) is -3.73. The molecule has 5 rings (SSSR count). The Bertz CT molecular complexity index is 1180. The van der Waals surface area contributed by atoms with Gasteiger partial charge in [0.1, 0.15) is 5.52 Å². The van der Waals surface area contributed by atoms with Crippen LogP contribution in [-0.2, 0) is 14.8 Å². The van der Waals surface area contributed by atoms with E-state index in [4.69, 9.17) is 9.90 Å². The van der Waals surface area contributed by atoms with Crippen molar-refractivity contribution in [3.63, 3.8) is 0 Å². The third kappa shape index (κ3) is 4.28. The first kappa shape index (κ1) is 22.1. The topological polar surface area (TPSA) is 108 Å². The van der Waals surface area contributed by atoms with Crippen molar-refractivity contribution in [2.45, 2.75) is 17.7 Å². The SMILES string of the molecule is O=CO.O=S(=O)(c1cccc(N2CCCC2)c1)n1cc(N2CCNCC2)c2ncccc21. The van der Waals surface area contributed by atoms with E-state index in [1.165, 1.54) is 3.97 Å². The van der Waals surface area contributed by atoms with E-state index in [2.05, 4.69) is 20.1 Å². The van der Waals surface area contributed by atoms with Crippen LogP contribution in [0.5, 0.6) is 0 Å². The van der Waals surface area contributed by atoms with E-state index < -0.39 is 10.0 Å². The molecule has 0 spiro atoms. The van der Waals surface area contributed by atoms with Crippen LogP contribution in [0.1, 0.15) is 12.8 Å². The van der Waals surface area contributed by atoms with Gasteiger partial charge in [0.15, 0.2) is 0 Å². The molecular formula is C22H27N5O4S. The summed E-state index contributed by atoms with van der Waals surface area (Å²) in [6.45, 7) is 5.13. The van der Waals surface area contributed by atoms with Crippen LogP contribution in [0.2, 0.25) is 0 Å². The highest BCUT2D eigenvalue weighted by molar-refractivity contribution is 7.90. The monoisotopic (exact) mass is 457 g/mol. The van der Waals surface area contributed by atoms with Gasteiger partial charge in [0, 0.05) is 57.3 Å². The zero-order chi connectivity index (χ0) is 22.6. The maximum Gasteiger partial charge on any atom is 0.290 e. The maximum atomic E-state index is 13.6. The summed E-state index contributed by atoms with van der Waals surface area (Å²) < 4.78 is 28.6. The van der Waals surface area contributed by atoms with Crippen molar-refractivity contribution in [1.82, 2.24) is 14.3 Å². The van der Waals surface area contributed by atoms with Gasteiger partial charge in [-0.05, 0) is 43.2 Å². The van der Waals surface area contributed by atoms with Crippen molar-refractivity contribution >= 4 is 38.9 Å². The third-order valence-corrected chi connectivity index (χ3v) is 7.48. The zero-order valence-electron chi connectivity index (χ0n) is 17.7. The molecule has 9 nitrogen and oxygen atoms in total. The Kier molecular flexibility index (Phi) is 6.61. The molecule has 2 saturated heterocycles. The van der Waals surface area contributed by atoms with Gasteiger partial charge < -0.3 is 20.2 Å². The average Bonchev–Trinajstić information content (AvgIpc) is 3.49. The van der Waals surface area contributed by atoms with Gasteiger partial charge in [-0.15, -0.1) is 0 Å². The van der Waals surface area contributed by atoms with Gasteiger partial charge in [0.25, 0.3) is 16.5 Å². The van der Waals surface area contributed by atoms with Crippen LogP contribution < -0.4 is 15.1 Å². The van der Waals surface area contributed by atoms with E-state index in [0.717, 1.165) is 69.0 Å². The highest BCUT2D eigenvalue weighted by Gasteiger charge is 2.25. The van der Waals surface area contributed by atoms with E-state index in [0.29, 0.717) is 10.4 Å². The first-order valence-corrected chi connectivity index (χ1v) is 12.1. The second-order valence-electron chi connectivity index (χ2n) is 7.72. The number of carbonyl (C=O) groups is 1. The van der Waals surface area contributed by atoms with E-state index >= 15 is 0 Å². The van der Waals surface area contributed by atoms with Gasteiger partial charge in [-0.3, -0.25) is 9.78 Å². The van der Waals surface area contributed by atoms with Gasteiger partial charge in [0.05, 0.1) is 16.1 Å². The molecule has 10 heteroatoms. The molecule has 0 aliphatic carbocycles. The van der Waals surface area contributed by atoms with E-state index in [9.17, 15) is 8.42 Å². The van der Waals surface area contributed by atoms with E-state index in [-0.39, 0.29) is 6.47 Å². The minimum absolute atomic E-state index is 0.250. The van der Waals surface area contributed by atoms with Gasteiger partial charge in [-0.1, -0.05) is 6.07 Å². The summed E-state index contributed by atoms with van der Waals surface area (Å²) in [4.78, 5) is 17.6. The van der Waals surface area contributed by atoms with Crippen molar-refractivity contribution in [1.29, 1.82) is 0 Å². The lowest BCUT2D eigenvalue weighted by atomic mass is 10.3. The number of carboxylic acid groups (broad SMARTS) is 1. The van der Waals surface area contributed by atoms with Crippen molar-refractivity contribution in [3.8, 4) is 0 Å². The Morgan fingerprint density at radius 2 is 1.72 bits per heavy atom. The Morgan fingerprint density at radius 1 is 1.00 bits per heavy atom. The second kappa shape index (κ2) is 9.58. The van der Waals surface area contributed by atoms with Crippen molar-refractivity contribution < 1.29 is 18.3 Å². The Hall–Kier alpha value is -3.11. The number of hydrogen-bond donors (Lipinski definition) is 2. The summed E-state index contributed by atoms with van der Waals surface area (Å²) in [5.41, 5.74) is 3.20. The van der Waals surface area contributed by atoms with Crippen LogP contribution >= 0.6 is 0 Å². The summed E-state index contributed by atoms with van der Waals surface area (Å²) >= 11 is 0. The Balaban J connectivity index is 0.000000775. The number of pyridine rings is 1. The number of piperazine rings is 1. The van der Waals surface area contributed by atoms with Crippen molar-refractivity contribution in [3.05, 3.63) is 48.8 Å². The molecule has 2 N–H and O–H groups in total. The molecular weight excluding hydrogens is 430 g/mol. The molecule has 3 aromatic rings. The third-order valence-electron chi connectivity index (χ3n) is 5.81. The molecule has 170 valence electrons. The largest absolute Gasteiger partial charge is 0.483 e. The number of fused-ring (bicyclic) bond motifs is 1. The summed E-state index contributed by atoms with van der Waals surface area (Å²) in [6, 6.07) is 10.9. The number of aromatic nitrogens is 2. The molecule has 2 fully saturated rings. The number of nitrogens with zero attached hydrogens (tertiary/aromatic N) is 4. The van der Waals surface area contributed by atoms with Crippen LogP contribution in [0.4, 0.5) is 11.4 Å². The smallest absolute Gasteiger partial charge is 0.290 e. The number of anilines is 2. The lowest BCUT2D eigenvalue weighted by Gasteiger charge is -2.28. The molecule has 2 aromatic heterocycles. The predicted octanol–water partition coefficient (Wildman–Crippen LogP) is 1.98. The molecule has 4 heterocycles. The molecule has 0 bridgehead atoms. The maximum absolute atomic E-state index is 13.6. The fourth-order valence-corrected chi connectivity index (χ4v) is 5.67. The van der Waals surface area contributed by atoms with Gasteiger partial charge >= 0.3 is 0 Å². The summed E-state index contributed by atoms with van der Waals surface area (Å²) in [5.74, 6) is 0. The van der Waals surface area contributed by atoms with E-state index in [1.54, 1.807) is 30.6 Å². The Labute approximate surface area is 187 Å². The quantitative estimate of drug-likeness (QED) is 0.573. The predicted molar refractivity (Wildman–Crippen MR) is 124 cm³/mol. The second-order valence-corrected chi connectivity index (χ2v) is 9.54. The molecule has 0 radical (unpaired) electrons. The number of hydrogen-bond acceptors (Lipinski definition) is 7. The van der Waals surface area contributed by atoms with Gasteiger partial charge in [-0.2, -0.15) is 0 Å².